The number of hydrogen-bond acceptors (Lipinski definition) is 3. The van der Waals surface area contributed by atoms with Crippen molar-refractivity contribution in [3.05, 3.63) is 45.6 Å². The molecule has 1 aromatic carbocycles. The van der Waals surface area contributed by atoms with Crippen molar-refractivity contribution in [1.29, 1.82) is 0 Å². The molecule has 2 aromatic rings. The van der Waals surface area contributed by atoms with Crippen molar-refractivity contribution in [2.45, 2.75) is 27.3 Å². The largest absolute Gasteiger partial charge is 0.380 e. The molecule has 1 amide bonds. The SMILES string of the molecule is CC(=O)Nc1cc(NCc2ccc(C)s2)ccc1C. The number of nitrogens with one attached hydrogen (secondary N) is 2. The molecule has 0 unspecified atom stereocenters. The zero-order valence-electron chi connectivity index (χ0n) is 11.4. The lowest BCUT2D eigenvalue weighted by Crippen LogP contribution is -2.07. The van der Waals surface area contributed by atoms with Gasteiger partial charge in [-0.1, -0.05) is 6.07 Å². The van der Waals surface area contributed by atoms with Crippen molar-refractivity contribution < 1.29 is 4.79 Å². The number of thiophene rings is 1. The van der Waals surface area contributed by atoms with Gasteiger partial charge in [0.2, 0.25) is 5.91 Å². The van der Waals surface area contributed by atoms with E-state index in [1.165, 1.54) is 16.7 Å². The molecule has 0 spiro atoms. The van der Waals surface area contributed by atoms with E-state index in [0.717, 1.165) is 23.5 Å². The number of amides is 1. The van der Waals surface area contributed by atoms with Gasteiger partial charge in [-0.3, -0.25) is 4.79 Å². The molecular weight excluding hydrogens is 256 g/mol. The van der Waals surface area contributed by atoms with E-state index in [-0.39, 0.29) is 5.91 Å². The molecule has 0 aliphatic carbocycles. The molecule has 1 aromatic heterocycles. The van der Waals surface area contributed by atoms with Gasteiger partial charge in [0.05, 0.1) is 0 Å². The lowest BCUT2D eigenvalue weighted by atomic mass is 10.1. The molecule has 0 aliphatic rings. The fourth-order valence-corrected chi connectivity index (χ4v) is 2.66. The van der Waals surface area contributed by atoms with Crippen LogP contribution in [0, 0.1) is 13.8 Å². The standard InChI is InChI=1S/C15H18N2OS/c1-10-4-6-13(8-15(10)17-12(3)18)16-9-14-7-5-11(2)19-14/h4-8,16H,9H2,1-3H3,(H,17,18). The Morgan fingerprint density at radius 1 is 1.21 bits per heavy atom. The van der Waals surface area contributed by atoms with Gasteiger partial charge in [-0.25, -0.2) is 0 Å². The van der Waals surface area contributed by atoms with E-state index in [1.54, 1.807) is 11.3 Å². The minimum Gasteiger partial charge on any atom is -0.380 e. The number of carbonyl (C=O) groups is 1. The number of rotatable bonds is 4. The Balaban J connectivity index is 2.06. The highest BCUT2D eigenvalue weighted by molar-refractivity contribution is 7.11. The zero-order chi connectivity index (χ0) is 13.8. The highest BCUT2D eigenvalue weighted by Gasteiger charge is 2.03. The van der Waals surface area contributed by atoms with Crippen molar-refractivity contribution >= 4 is 28.6 Å². The number of aryl methyl sites for hydroxylation is 2. The van der Waals surface area contributed by atoms with Crippen molar-refractivity contribution in [2.75, 3.05) is 10.6 Å². The van der Waals surface area contributed by atoms with Gasteiger partial charge in [-0.2, -0.15) is 0 Å². The van der Waals surface area contributed by atoms with Crippen molar-refractivity contribution in [3.8, 4) is 0 Å². The van der Waals surface area contributed by atoms with Crippen LogP contribution in [0.2, 0.25) is 0 Å². The summed E-state index contributed by atoms with van der Waals surface area (Å²) in [6.45, 7) is 6.42. The summed E-state index contributed by atoms with van der Waals surface area (Å²) in [7, 11) is 0. The fraction of sp³-hybridized carbons (Fsp3) is 0.267. The third-order valence-corrected chi connectivity index (χ3v) is 3.81. The van der Waals surface area contributed by atoms with Gasteiger partial charge in [-0.05, 0) is 43.7 Å². The third-order valence-electron chi connectivity index (χ3n) is 2.81. The fourth-order valence-electron chi connectivity index (χ4n) is 1.83. The zero-order valence-corrected chi connectivity index (χ0v) is 12.2. The normalized spacial score (nSPS) is 10.3. The highest BCUT2D eigenvalue weighted by atomic mass is 32.1. The van der Waals surface area contributed by atoms with E-state index >= 15 is 0 Å². The molecule has 19 heavy (non-hydrogen) atoms. The maximum absolute atomic E-state index is 11.1. The number of benzene rings is 1. The van der Waals surface area contributed by atoms with Crippen molar-refractivity contribution in [1.82, 2.24) is 0 Å². The van der Waals surface area contributed by atoms with Crippen LogP contribution in [0.15, 0.2) is 30.3 Å². The summed E-state index contributed by atoms with van der Waals surface area (Å²) in [6, 6.07) is 10.3. The van der Waals surface area contributed by atoms with Crippen molar-refractivity contribution in [3.63, 3.8) is 0 Å². The number of anilines is 2. The second-order valence-corrected chi connectivity index (χ2v) is 5.95. The van der Waals surface area contributed by atoms with E-state index in [1.807, 2.05) is 25.1 Å². The predicted octanol–water partition coefficient (Wildman–Crippen LogP) is 3.94. The van der Waals surface area contributed by atoms with Crippen molar-refractivity contribution in [2.24, 2.45) is 0 Å². The van der Waals surface area contributed by atoms with Gasteiger partial charge in [0.25, 0.3) is 0 Å². The summed E-state index contributed by atoms with van der Waals surface area (Å²) in [4.78, 5) is 13.8. The van der Waals surface area contributed by atoms with E-state index in [9.17, 15) is 4.79 Å². The predicted molar refractivity (Wildman–Crippen MR) is 81.9 cm³/mol. The molecule has 2 rings (SSSR count). The average Bonchev–Trinajstić information content (AvgIpc) is 2.75. The Morgan fingerprint density at radius 3 is 2.63 bits per heavy atom. The maximum Gasteiger partial charge on any atom is 0.221 e. The number of carbonyl (C=O) groups excluding carboxylic acids is 1. The molecule has 0 fully saturated rings. The molecule has 0 saturated heterocycles. The van der Waals surface area contributed by atoms with Crippen LogP contribution in [0.25, 0.3) is 0 Å². The van der Waals surface area contributed by atoms with Gasteiger partial charge >= 0.3 is 0 Å². The first-order valence-electron chi connectivity index (χ1n) is 6.22. The average molecular weight is 274 g/mol. The molecule has 0 bridgehead atoms. The van der Waals surface area contributed by atoms with Gasteiger partial charge < -0.3 is 10.6 Å². The monoisotopic (exact) mass is 274 g/mol. The Bertz CT molecular complexity index is 590. The summed E-state index contributed by atoms with van der Waals surface area (Å²) in [5, 5.41) is 6.21. The van der Waals surface area contributed by atoms with E-state index in [2.05, 4.69) is 29.7 Å². The summed E-state index contributed by atoms with van der Waals surface area (Å²) in [6.07, 6.45) is 0. The lowest BCUT2D eigenvalue weighted by Gasteiger charge is -2.10. The van der Waals surface area contributed by atoms with Crippen LogP contribution < -0.4 is 10.6 Å². The minimum absolute atomic E-state index is 0.0471. The maximum atomic E-state index is 11.1. The topological polar surface area (TPSA) is 41.1 Å². The van der Waals surface area contributed by atoms with E-state index in [0.29, 0.717) is 0 Å². The van der Waals surface area contributed by atoms with Gasteiger partial charge in [0.15, 0.2) is 0 Å². The summed E-state index contributed by atoms with van der Waals surface area (Å²) < 4.78 is 0. The molecule has 3 nitrogen and oxygen atoms in total. The molecule has 0 atom stereocenters. The van der Waals surface area contributed by atoms with Crippen LogP contribution in [0.5, 0.6) is 0 Å². The van der Waals surface area contributed by atoms with E-state index in [4.69, 9.17) is 0 Å². The third kappa shape index (κ3) is 3.83. The Morgan fingerprint density at radius 2 is 2.00 bits per heavy atom. The smallest absolute Gasteiger partial charge is 0.221 e. The van der Waals surface area contributed by atoms with Crippen LogP contribution in [-0.2, 0) is 11.3 Å². The lowest BCUT2D eigenvalue weighted by molar-refractivity contribution is -0.114. The Labute approximate surface area is 117 Å². The van der Waals surface area contributed by atoms with Gasteiger partial charge in [-0.15, -0.1) is 11.3 Å². The van der Waals surface area contributed by atoms with Crippen LogP contribution >= 0.6 is 11.3 Å². The summed E-state index contributed by atoms with van der Waals surface area (Å²) >= 11 is 1.79. The van der Waals surface area contributed by atoms with Gasteiger partial charge in [0.1, 0.15) is 0 Å². The first kappa shape index (κ1) is 13.6. The van der Waals surface area contributed by atoms with E-state index < -0.39 is 0 Å². The summed E-state index contributed by atoms with van der Waals surface area (Å²) in [5.74, 6) is -0.0471. The van der Waals surface area contributed by atoms with Crippen LogP contribution in [-0.4, -0.2) is 5.91 Å². The number of hydrogen-bond donors (Lipinski definition) is 2. The van der Waals surface area contributed by atoms with Crippen LogP contribution in [0.1, 0.15) is 22.2 Å². The Hall–Kier alpha value is -1.81. The van der Waals surface area contributed by atoms with Gasteiger partial charge in [0, 0.05) is 34.6 Å². The highest BCUT2D eigenvalue weighted by Crippen LogP contribution is 2.22. The first-order chi connectivity index (χ1) is 9.04. The summed E-state index contributed by atoms with van der Waals surface area (Å²) in [5.41, 5.74) is 2.94. The first-order valence-corrected chi connectivity index (χ1v) is 7.03. The minimum atomic E-state index is -0.0471. The molecule has 0 radical (unpaired) electrons. The van der Waals surface area contributed by atoms with Crippen LogP contribution in [0.3, 0.4) is 0 Å². The molecule has 4 heteroatoms. The second-order valence-electron chi connectivity index (χ2n) is 4.58. The molecule has 0 saturated carbocycles. The molecule has 1 heterocycles. The quantitative estimate of drug-likeness (QED) is 0.886. The molecule has 100 valence electrons. The second kappa shape index (κ2) is 5.89. The molecular formula is C15H18N2OS. The molecule has 2 N–H and O–H groups in total. The molecule has 0 aliphatic heterocycles. The Kier molecular flexibility index (Phi) is 4.22. The van der Waals surface area contributed by atoms with Crippen LogP contribution in [0.4, 0.5) is 11.4 Å².